The van der Waals surface area contributed by atoms with Gasteiger partial charge in [-0.2, -0.15) is 4.37 Å². The van der Waals surface area contributed by atoms with E-state index in [1.54, 1.807) is 0 Å². The Morgan fingerprint density at radius 3 is 2.94 bits per heavy atom. The number of rotatable bonds is 3. The third-order valence-electron chi connectivity index (χ3n) is 2.91. The van der Waals surface area contributed by atoms with Crippen molar-refractivity contribution in [3.63, 3.8) is 0 Å². The summed E-state index contributed by atoms with van der Waals surface area (Å²) >= 11 is 1.48. The van der Waals surface area contributed by atoms with Crippen molar-refractivity contribution in [2.75, 3.05) is 25.5 Å². The molecule has 1 fully saturated rings. The highest BCUT2D eigenvalue weighted by molar-refractivity contribution is 7.09. The van der Waals surface area contributed by atoms with Crippen LogP contribution in [0.5, 0.6) is 0 Å². The van der Waals surface area contributed by atoms with E-state index in [0.29, 0.717) is 12.0 Å². The van der Waals surface area contributed by atoms with Gasteiger partial charge in [0.25, 0.3) is 0 Å². The van der Waals surface area contributed by atoms with E-state index in [0.717, 1.165) is 17.5 Å². The molecule has 1 aromatic rings. The SMILES string of the molecule is CC(C)c1nsc(NC2CCCN(C)C2)n1. The number of anilines is 1. The van der Waals surface area contributed by atoms with Crippen LogP contribution >= 0.6 is 11.5 Å². The molecule has 2 heterocycles. The molecule has 1 aromatic heterocycles. The number of likely N-dealkylation sites (tertiary alicyclic amines) is 1. The highest BCUT2D eigenvalue weighted by atomic mass is 32.1. The fraction of sp³-hybridized carbons (Fsp3) is 0.818. The third-order valence-corrected chi connectivity index (χ3v) is 3.57. The fourth-order valence-corrected chi connectivity index (χ4v) is 2.77. The predicted molar refractivity (Wildman–Crippen MR) is 68.1 cm³/mol. The van der Waals surface area contributed by atoms with Gasteiger partial charge in [-0.3, -0.25) is 0 Å². The molecule has 0 spiro atoms. The lowest BCUT2D eigenvalue weighted by Crippen LogP contribution is -2.39. The molecular formula is C11H20N4S. The Labute approximate surface area is 101 Å². The zero-order valence-electron chi connectivity index (χ0n) is 10.2. The molecule has 90 valence electrons. The van der Waals surface area contributed by atoms with Gasteiger partial charge >= 0.3 is 0 Å². The Hall–Kier alpha value is -0.680. The van der Waals surface area contributed by atoms with E-state index in [2.05, 4.69) is 40.5 Å². The van der Waals surface area contributed by atoms with Crippen molar-refractivity contribution in [2.24, 2.45) is 0 Å². The van der Waals surface area contributed by atoms with Crippen LogP contribution in [0.25, 0.3) is 0 Å². The van der Waals surface area contributed by atoms with Crippen molar-refractivity contribution >= 4 is 16.7 Å². The van der Waals surface area contributed by atoms with Gasteiger partial charge in [0.2, 0.25) is 5.13 Å². The standard InChI is InChI=1S/C11H20N4S/c1-8(2)10-13-11(16-14-10)12-9-5-4-6-15(3)7-9/h8-9H,4-7H2,1-3H3,(H,12,13,14). The van der Waals surface area contributed by atoms with E-state index in [1.165, 1.54) is 30.9 Å². The molecule has 1 N–H and O–H groups in total. The lowest BCUT2D eigenvalue weighted by molar-refractivity contribution is 0.261. The van der Waals surface area contributed by atoms with Crippen molar-refractivity contribution in [1.29, 1.82) is 0 Å². The van der Waals surface area contributed by atoms with Crippen LogP contribution in [0.15, 0.2) is 0 Å². The quantitative estimate of drug-likeness (QED) is 0.879. The maximum Gasteiger partial charge on any atom is 0.202 e. The van der Waals surface area contributed by atoms with E-state index < -0.39 is 0 Å². The van der Waals surface area contributed by atoms with Crippen molar-refractivity contribution in [1.82, 2.24) is 14.3 Å². The zero-order valence-corrected chi connectivity index (χ0v) is 11.0. The fourth-order valence-electron chi connectivity index (χ4n) is 1.99. The molecule has 1 aliphatic heterocycles. The van der Waals surface area contributed by atoms with Crippen LogP contribution < -0.4 is 5.32 Å². The molecule has 5 heteroatoms. The largest absolute Gasteiger partial charge is 0.356 e. The minimum absolute atomic E-state index is 0.417. The normalized spacial score (nSPS) is 22.6. The first kappa shape index (κ1) is 11.8. The van der Waals surface area contributed by atoms with Crippen LogP contribution in [0.4, 0.5) is 5.13 Å². The Kier molecular flexibility index (Phi) is 3.76. The first-order valence-electron chi connectivity index (χ1n) is 5.94. The van der Waals surface area contributed by atoms with E-state index in [9.17, 15) is 0 Å². The summed E-state index contributed by atoms with van der Waals surface area (Å²) in [4.78, 5) is 6.87. The number of piperidine rings is 1. The number of hydrogen-bond donors (Lipinski definition) is 1. The van der Waals surface area contributed by atoms with Crippen LogP contribution in [0.3, 0.4) is 0 Å². The van der Waals surface area contributed by atoms with Gasteiger partial charge in [-0.25, -0.2) is 4.98 Å². The van der Waals surface area contributed by atoms with Gasteiger partial charge in [-0.15, -0.1) is 0 Å². The van der Waals surface area contributed by atoms with Gasteiger partial charge in [0.05, 0.1) is 0 Å². The molecule has 1 unspecified atom stereocenters. The van der Waals surface area contributed by atoms with Crippen molar-refractivity contribution in [3.8, 4) is 0 Å². The van der Waals surface area contributed by atoms with Gasteiger partial charge < -0.3 is 10.2 Å². The lowest BCUT2D eigenvalue weighted by Gasteiger charge is -2.29. The molecular weight excluding hydrogens is 220 g/mol. The number of likely N-dealkylation sites (N-methyl/N-ethyl adjacent to an activating group) is 1. The first-order valence-corrected chi connectivity index (χ1v) is 6.71. The molecule has 4 nitrogen and oxygen atoms in total. The van der Waals surface area contributed by atoms with Crippen LogP contribution in [-0.4, -0.2) is 40.4 Å². The molecule has 0 bridgehead atoms. The summed E-state index contributed by atoms with van der Waals surface area (Å²) < 4.78 is 4.35. The van der Waals surface area contributed by atoms with Gasteiger partial charge in [0.15, 0.2) is 0 Å². The first-order chi connectivity index (χ1) is 7.65. The summed E-state index contributed by atoms with van der Waals surface area (Å²) in [6.45, 7) is 6.57. The molecule has 16 heavy (non-hydrogen) atoms. The molecule has 0 aromatic carbocycles. The lowest BCUT2D eigenvalue weighted by atomic mass is 10.1. The number of nitrogens with zero attached hydrogens (tertiary/aromatic N) is 3. The van der Waals surface area contributed by atoms with Gasteiger partial charge in [0.1, 0.15) is 5.82 Å². The third kappa shape index (κ3) is 2.92. The molecule has 0 amide bonds. The van der Waals surface area contributed by atoms with Crippen molar-refractivity contribution < 1.29 is 0 Å². The van der Waals surface area contributed by atoms with E-state index in [-0.39, 0.29) is 0 Å². The van der Waals surface area contributed by atoms with Crippen LogP contribution in [0.1, 0.15) is 38.4 Å². The second kappa shape index (κ2) is 5.10. The number of nitrogens with one attached hydrogen (secondary N) is 1. The summed E-state index contributed by atoms with van der Waals surface area (Å²) in [7, 11) is 2.17. The maximum absolute atomic E-state index is 4.51. The smallest absolute Gasteiger partial charge is 0.202 e. The molecule has 1 saturated heterocycles. The van der Waals surface area contributed by atoms with Crippen LogP contribution in [-0.2, 0) is 0 Å². The molecule has 0 radical (unpaired) electrons. The Morgan fingerprint density at radius 1 is 1.50 bits per heavy atom. The topological polar surface area (TPSA) is 41.1 Å². The second-order valence-electron chi connectivity index (χ2n) is 4.86. The average Bonchev–Trinajstić information content (AvgIpc) is 2.66. The highest BCUT2D eigenvalue weighted by Crippen LogP contribution is 2.20. The predicted octanol–water partition coefficient (Wildman–Crippen LogP) is 2.17. The molecule has 0 aliphatic carbocycles. The summed E-state index contributed by atoms with van der Waals surface area (Å²) in [5, 5.41) is 4.47. The van der Waals surface area contributed by atoms with Crippen molar-refractivity contribution in [2.45, 2.75) is 38.6 Å². The van der Waals surface area contributed by atoms with E-state index >= 15 is 0 Å². The van der Waals surface area contributed by atoms with Gasteiger partial charge in [-0.1, -0.05) is 13.8 Å². The Bertz CT molecular complexity index is 336. The van der Waals surface area contributed by atoms with Crippen LogP contribution in [0, 0.1) is 0 Å². The second-order valence-corrected chi connectivity index (χ2v) is 5.61. The van der Waals surface area contributed by atoms with E-state index in [1.807, 2.05) is 0 Å². The summed E-state index contributed by atoms with van der Waals surface area (Å²) in [5.74, 6) is 1.37. The number of aromatic nitrogens is 2. The van der Waals surface area contributed by atoms with E-state index in [4.69, 9.17) is 0 Å². The van der Waals surface area contributed by atoms with Crippen LogP contribution in [0.2, 0.25) is 0 Å². The summed E-state index contributed by atoms with van der Waals surface area (Å²) in [5.41, 5.74) is 0. The molecule has 0 saturated carbocycles. The maximum atomic E-state index is 4.51. The Balaban J connectivity index is 1.92. The Morgan fingerprint density at radius 2 is 2.31 bits per heavy atom. The minimum Gasteiger partial charge on any atom is -0.356 e. The molecule has 1 atom stereocenters. The summed E-state index contributed by atoms with van der Waals surface area (Å²) in [6.07, 6.45) is 2.50. The summed E-state index contributed by atoms with van der Waals surface area (Å²) in [6, 6.07) is 0.534. The molecule has 1 aliphatic rings. The van der Waals surface area contributed by atoms with Crippen molar-refractivity contribution in [3.05, 3.63) is 5.82 Å². The monoisotopic (exact) mass is 240 g/mol. The average molecular weight is 240 g/mol. The van der Waals surface area contributed by atoms with Gasteiger partial charge in [-0.05, 0) is 26.4 Å². The number of hydrogen-bond acceptors (Lipinski definition) is 5. The zero-order chi connectivity index (χ0) is 11.5. The molecule has 2 rings (SSSR count). The van der Waals surface area contributed by atoms with Gasteiger partial charge in [0, 0.05) is 30.0 Å². The highest BCUT2D eigenvalue weighted by Gasteiger charge is 2.18. The minimum atomic E-state index is 0.417.